The lowest BCUT2D eigenvalue weighted by atomic mass is 9.94. The van der Waals surface area contributed by atoms with E-state index >= 15 is 0 Å². The number of aryl methyl sites for hydroxylation is 1. The average Bonchev–Trinajstić information content (AvgIpc) is 0.762. The van der Waals surface area contributed by atoms with Crippen LogP contribution in [0, 0.1) is 13.5 Å². The highest BCUT2D eigenvalue weighted by Gasteiger charge is 2.33. The van der Waals surface area contributed by atoms with Gasteiger partial charge in [-0.2, -0.15) is 0 Å². The first-order valence-corrected chi connectivity index (χ1v) is 51.3. The highest BCUT2D eigenvalue weighted by molar-refractivity contribution is 9.11. The Bertz CT molecular complexity index is 7720. The molecule has 0 radical (unpaired) electrons. The van der Waals surface area contributed by atoms with Gasteiger partial charge in [0.2, 0.25) is 0 Å². The van der Waals surface area contributed by atoms with Crippen LogP contribution in [0.1, 0.15) is 173 Å². The van der Waals surface area contributed by atoms with Gasteiger partial charge in [0.25, 0.3) is 22.2 Å². The molecular formula is C116H105Br4Cl4N5O21. The number of carboxylic acid groups (broad SMARTS) is 2. The van der Waals surface area contributed by atoms with Gasteiger partial charge in [-0.25, -0.2) is 19.2 Å². The van der Waals surface area contributed by atoms with Crippen molar-refractivity contribution in [2.45, 2.75) is 143 Å². The fraction of sp³-hybridized carbons (Fsp3) is 0.224. The van der Waals surface area contributed by atoms with Crippen LogP contribution in [0.3, 0.4) is 0 Å². The third-order valence-electron chi connectivity index (χ3n) is 23.1. The van der Waals surface area contributed by atoms with Crippen molar-refractivity contribution < 1.29 is 81.8 Å². The number of halogens is 8. The fourth-order valence-corrected chi connectivity index (χ4v) is 17.8. The minimum atomic E-state index is -1.15. The summed E-state index contributed by atoms with van der Waals surface area (Å²) in [4.78, 5) is 168. The van der Waals surface area contributed by atoms with Gasteiger partial charge in [0, 0.05) is 133 Å². The molecule has 4 heterocycles. The van der Waals surface area contributed by atoms with E-state index in [1.54, 1.807) is 145 Å². The largest absolute Gasteiger partial charge is 0.495 e. The van der Waals surface area contributed by atoms with Crippen LogP contribution < -0.4 is 41.2 Å². The minimum absolute atomic E-state index is 0.0471. The zero-order valence-corrected chi connectivity index (χ0v) is 93.6. The molecule has 14 aromatic rings. The van der Waals surface area contributed by atoms with E-state index in [4.69, 9.17) is 81.4 Å². The van der Waals surface area contributed by atoms with Crippen LogP contribution in [0.25, 0.3) is 60.5 Å². The van der Waals surface area contributed by atoms with Crippen molar-refractivity contribution in [2.75, 3.05) is 28.4 Å². The van der Waals surface area contributed by atoms with Crippen molar-refractivity contribution in [2.24, 2.45) is 0 Å². The Labute approximate surface area is 920 Å². The first-order valence-electron chi connectivity index (χ1n) is 46.2. The van der Waals surface area contributed by atoms with Crippen LogP contribution in [-0.4, -0.2) is 121 Å². The monoisotopic (exact) mass is 2360 g/mol. The molecule has 4 aromatic heterocycles. The first-order chi connectivity index (χ1) is 70.9. The first kappa shape index (κ1) is 118. The molecule has 0 aliphatic rings. The van der Waals surface area contributed by atoms with Crippen LogP contribution in [-0.2, 0) is 66.2 Å². The van der Waals surface area contributed by atoms with Crippen LogP contribution in [0.4, 0.5) is 5.69 Å². The van der Waals surface area contributed by atoms with Crippen LogP contribution in [0.5, 0.6) is 23.0 Å². The molecule has 0 spiro atoms. The van der Waals surface area contributed by atoms with E-state index in [9.17, 15) is 72.5 Å². The maximum atomic E-state index is 14.0. The van der Waals surface area contributed by atoms with Crippen molar-refractivity contribution in [3.63, 3.8) is 0 Å². The maximum absolute atomic E-state index is 14.0. The van der Waals surface area contributed by atoms with E-state index in [2.05, 4.69) is 80.7 Å². The number of rotatable bonds is 31. The summed E-state index contributed by atoms with van der Waals surface area (Å²) in [5.41, 5.74) is 9.61. The van der Waals surface area contributed by atoms with Crippen molar-refractivity contribution in [3.8, 4) is 78.6 Å². The van der Waals surface area contributed by atoms with Gasteiger partial charge in [0.1, 0.15) is 52.8 Å². The molecule has 0 amide bonds. The number of Topliss-reactive ketones (excluding diaryl/α,β-unsaturated/α-hetero) is 5. The van der Waals surface area contributed by atoms with E-state index in [1.807, 2.05) is 91.9 Å². The lowest BCUT2D eigenvalue weighted by molar-refractivity contribution is -0.159. The molecule has 3 atom stereocenters. The number of benzene rings is 10. The summed E-state index contributed by atoms with van der Waals surface area (Å²) in [6, 6.07) is 63.7. The Kier molecular flexibility index (Phi) is 42.0. The second-order valence-corrected chi connectivity index (χ2v) is 41.3. The Balaban J connectivity index is 0.000000202. The Morgan fingerprint density at radius 1 is 0.380 bits per heavy atom. The zero-order valence-electron chi connectivity index (χ0n) is 84.2. The topological polar surface area (TPSA) is 342 Å². The van der Waals surface area contributed by atoms with Gasteiger partial charge >= 0.3 is 23.9 Å². The van der Waals surface area contributed by atoms with Crippen LogP contribution >= 0.6 is 110 Å². The second-order valence-electron chi connectivity index (χ2n) is 36.3. The summed E-state index contributed by atoms with van der Waals surface area (Å²) in [7, 11) is 5.76. The van der Waals surface area contributed by atoms with Crippen molar-refractivity contribution in [3.05, 3.63) is 409 Å². The number of aromatic carboxylic acids is 1. The number of aliphatic carboxylic acids is 1. The van der Waals surface area contributed by atoms with E-state index in [-0.39, 0.29) is 78.2 Å². The third kappa shape index (κ3) is 32.3. The number of esters is 2. The van der Waals surface area contributed by atoms with Gasteiger partial charge in [-0.1, -0.05) is 207 Å². The predicted molar refractivity (Wildman–Crippen MR) is 598 cm³/mol. The molecule has 0 fully saturated rings. The molecular weight excluding hydrogens is 2260 g/mol. The van der Waals surface area contributed by atoms with Crippen LogP contribution in [0.15, 0.2) is 294 Å². The Morgan fingerprint density at radius 2 is 0.707 bits per heavy atom. The number of methoxy groups -OCH3 is 4. The average molecular weight is 2370 g/mol. The van der Waals surface area contributed by atoms with E-state index in [0.29, 0.717) is 110 Å². The standard InChI is InChI=1S/C39H31ClN2O6.C27H27BrClNO5.C23H19BrClNO5.C20H22ClNO5.C7H6Br2/c1-23-17-30(41-3)14-16-31(23)27-9-5-25(6-10-27)18-35(36(44)19-26-7-11-28(12-8-26)39(46)47)42-22-37(48-4)34(21-38(42)45)33-20-29(40)13-15-32(33)24(2)43;1-16(31)20-11-10-19(29)13-21(20)22-14-25(32)30(15-24(22)34-5)23(26(33)35-27(2,3)4)12-17-6-8-18(28)9-7-17;1-13(27)17-8-7-16(25)10-18(17)19-11-22(28)26(12-21(19)31-2)20(23(29)30)9-14-3-5-15(24)6-4-14;1-12(23)14-7-6-13(21)8-15(14)16-9-18(24)22(10-17(16)26-5)11-19(25)27-20(2,3)4;8-5-6-1-3-7(9)4-2-6/h5-17,20-22,35H,18-19H2,1-2,4H3,(H,46,47);6-11,13-15,23H,12H2,1-5H3;3-8,10-12,20H,9H2,1-2H3,(H,29,30);6-10H,11H2,1-5H3;1-4H,5H2. The number of alkyl halides is 1. The molecule has 0 bridgehead atoms. The molecule has 34 heteroatoms. The summed E-state index contributed by atoms with van der Waals surface area (Å²) in [5, 5.41) is 21.6. The number of ether oxygens (including phenoxy) is 6. The summed E-state index contributed by atoms with van der Waals surface area (Å²) in [6.45, 7) is 25.3. The van der Waals surface area contributed by atoms with Gasteiger partial charge in [0.05, 0.1) is 71.4 Å². The number of carboxylic acids is 2. The van der Waals surface area contributed by atoms with Crippen LogP contribution in [0.2, 0.25) is 20.1 Å². The number of hydrogen-bond donors (Lipinski definition) is 2. The van der Waals surface area contributed by atoms with Gasteiger partial charge in [-0.05, 0) is 259 Å². The van der Waals surface area contributed by atoms with Gasteiger partial charge in [-0.15, -0.1) is 0 Å². The quantitative estimate of drug-likeness (QED) is 0.0176. The van der Waals surface area contributed by atoms with Crippen molar-refractivity contribution in [1.29, 1.82) is 0 Å². The molecule has 2 N–H and O–H groups in total. The number of nitrogens with zero attached hydrogens (tertiary/aromatic N) is 5. The normalized spacial score (nSPS) is 11.5. The number of aromatic nitrogens is 4. The summed E-state index contributed by atoms with van der Waals surface area (Å²) >= 11 is 38.1. The van der Waals surface area contributed by atoms with E-state index < -0.39 is 75.4 Å². The molecule has 10 aromatic carbocycles. The number of hydrogen-bond acceptors (Lipinski definition) is 19. The molecule has 0 saturated heterocycles. The lowest BCUT2D eigenvalue weighted by Crippen LogP contribution is -2.36. The number of carbonyl (C=O) groups is 9. The SMILES string of the molecule is BrCc1ccc(Br)cc1.COc1cn(C(Cc2ccc(Br)cc2)C(=O)O)c(=O)cc1-c1cc(Cl)ccc1C(C)=O.COc1cn(C(Cc2ccc(Br)cc2)C(=O)OC(C)(C)C)c(=O)cc1-c1cc(Cl)ccc1C(C)=O.COc1cn(CC(=O)OC(C)(C)C)c(=O)cc1-c1cc(Cl)ccc1C(C)=O.[C-]#[N+]c1ccc(-c2ccc(CC(C(=O)Cc3ccc(C(=O)O)cc3)n3cc(OC)c(-c4cc(Cl)ccc4C(C)=O)cc3=O)cc2)c(C)c1. The Hall–Kier alpha value is -14.0. The minimum Gasteiger partial charge on any atom is -0.495 e. The highest BCUT2D eigenvalue weighted by atomic mass is 79.9. The number of pyridine rings is 4. The third-order valence-corrected chi connectivity index (χ3v) is 26.3. The molecule has 14 rings (SSSR count). The number of ketones is 5. The van der Waals surface area contributed by atoms with E-state index in [0.717, 1.165) is 56.7 Å². The molecule has 26 nitrogen and oxygen atoms in total. The summed E-state index contributed by atoms with van der Waals surface area (Å²) < 4.78 is 40.9. The maximum Gasteiger partial charge on any atom is 0.335 e. The lowest BCUT2D eigenvalue weighted by Gasteiger charge is -2.26. The molecule has 0 aliphatic heterocycles. The zero-order chi connectivity index (χ0) is 110. The van der Waals surface area contributed by atoms with Gasteiger partial charge in [-0.3, -0.25) is 57.1 Å². The van der Waals surface area contributed by atoms with Gasteiger partial charge < -0.3 is 47.8 Å². The molecule has 150 heavy (non-hydrogen) atoms. The smallest absolute Gasteiger partial charge is 0.335 e. The number of carbonyl (C=O) groups excluding carboxylic acids is 7. The van der Waals surface area contributed by atoms with Crippen molar-refractivity contribution >= 4 is 169 Å². The molecule has 3 unspecified atom stereocenters. The predicted octanol–water partition coefficient (Wildman–Crippen LogP) is 26.5. The van der Waals surface area contributed by atoms with Gasteiger partial charge in [0.15, 0.2) is 34.6 Å². The second kappa shape index (κ2) is 53.4. The molecule has 776 valence electrons. The molecule has 0 aliphatic carbocycles. The van der Waals surface area contributed by atoms with E-state index in [1.165, 1.54) is 137 Å². The summed E-state index contributed by atoms with van der Waals surface area (Å²) in [6.07, 6.45) is 6.23. The highest BCUT2D eigenvalue weighted by Crippen LogP contribution is 2.41. The fourth-order valence-electron chi connectivity index (χ4n) is 16.0. The summed E-state index contributed by atoms with van der Waals surface area (Å²) in [5.74, 6) is -3.12. The molecule has 0 saturated carbocycles. The van der Waals surface area contributed by atoms with Crippen molar-refractivity contribution in [1.82, 2.24) is 18.3 Å². The Morgan fingerprint density at radius 3 is 1.04 bits per heavy atom.